The van der Waals surface area contributed by atoms with E-state index in [1.807, 2.05) is 0 Å². The van der Waals surface area contributed by atoms with Crippen molar-refractivity contribution in [2.24, 2.45) is 0 Å². The van der Waals surface area contributed by atoms with Crippen LogP contribution in [0.5, 0.6) is 0 Å². The number of benzene rings is 1. The first kappa shape index (κ1) is 15.0. The molecule has 100 valence electrons. The Morgan fingerprint density at radius 1 is 1.17 bits per heavy atom. The molecular weight excluding hydrogens is 250 g/mol. The van der Waals surface area contributed by atoms with E-state index in [1.165, 1.54) is 0 Å². The zero-order valence-corrected chi connectivity index (χ0v) is 11.4. The van der Waals surface area contributed by atoms with Gasteiger partial charge < -0.3 is 10.6 Å². The lowest BCUT2D eigenvalue weighted by atomic mass is 10.1. The van der Waals surface area contributed by atoms with E-state index in [1.54, 1.807) is 24.3 Å². The van der Waals surface area contributed by atoms with Gasteiger partial charge in [-0.2, -0.15) is 0 Å². The normalized spacial score (nSPS) is 17.2. The molecule has 5 heteroatoms. The number of likely N-dealkylation sites (N-methyl/N-ethyl adjacent to an activating group) is 1. The summed E-state index contributed by atoms with van der Waals surface area (Å²) in [5.74, 6) is 0.176. The van der Waals surface area contributed by atoms with E-state index in [4.69, 9.17) is 5.73 Å². The Bertz CT molecular complexity index is 386. The van der Waals surface area contributed by atoms with Crippen LogP contribution in [0.2, 0.25) is 0 Å². The summed E-state index contributed by atoms with van der Waals surface area (Å²) in [7, 11) is 2.11. The lowest BCUT2D eigenvalue weighted by Crippen LogP contribution is -2.46. The van der Waals surface area contributed by atoms with E-state index in [0.717, 1.165) is 31.7 Å². The molecule has 1 aliphatic heterocycles. The third-order valence-corrected chi connectivity index (χ3v) is 3.20. The Morgan fingerprint density at radius 2 is 1.72 bits per heavy atom. The third-order valence-electron chi connectivity index (χ3n) is 3.20. The topological polar surface area (TPSA) is 49.6 Å². The molecule has 0 radical (unpaired) electrons. The largest absolute Gasteiger partial charge is 0.399 e. The number of carbonyl (C=O) groups excluding carboxylic acids is 1. The van der Waals surface area contributed by atoms with Crippen molar-refractivity contribution < 1.29 is 4.79 Å². The van der Waals surface area contributed by atoms with E-state index in [9.17, 15) is 4.79 Å². The molecule has 1 aromatic rings. The summed E-state index contributed by atoms with van der Waals surface area (Å²) in [6.07, 6.45) is 0. The molecule has 0 amide bonds. The smallest absolute Gasteiger partial charge is 0.176 e. The van der Waals surface area contributed by atoms with Gasteiger partial charge in [0.05, 0.1) is 6.54 Å². The van der Waals surface area contributed by atoms with Crippen molar-refractivity contribution in [3.8, 4) is 0 Å². The van der Waals surface area contributed by atoms with Crippen LogP contribution in [-0.2, 0) is 0 Å². The molecule has 0 spiro atoms. The summed E-state index contributed by atoms with van der Waals surface area (Å²) in [6, 6.07) is 7.15. The van der Waals surface area contributed by atoms with Gasteiger partial charge in [0.25, 0.3) is 0 Å². The number of halogens is 1. The van der Waals surface area contributed by atoms with Crippen LogP contribution in [0.3, 0.4) is 0 Å². The van der Waals surface area contributed by atoms with Gasteiger partial charge in [0.15, 0.2) is 5.78 Å². The second-order valence-electron chi connectivity index (χ2n) is 4.62. The number of Topliss-reactive ketones (excluding diaryl/α,β-unsaturated/α-hetero) is 1. The van der Waals surface area contributed by atoms with Crippen LogP contribution in [0, 0.1) is 0 Å². The van der Waals surface area contributed by atoms with Gasteiger partial charge in [0.2, 0.25) is 0 Å². The SMILES string of the molecule is CN1CCN(CC(=O)c2ccc(N)cc2)CC1.Cl. The van der Waals surface area contributed by atoms with Crippen LogP contribution in [0.25, 0.3) is 0 Å². The lowest BCUT2D eigenvalue weighted by Gasteiger charge is -2.31. The van der Waals surface area contributed by atoms with Gasteiger partial charge in [-0.3, -0.25) is 9.69 Å². The summed E-state index contributed by atoms with van der Waals surface area (Å²) in [5.41, 5.74) is 7.04. The summed E-state index contributed by atoms with van der Waals surface area (Å²) in [5, 5.41) is 0. The van der Waals surface area contributed by atoms with Crippen LogP contribution in [0.1, 0.15) is 10.4 Å². The number of carbonyl (C=O) groups is 1. The Labute approximate surface area is 114 Å². The van der Waals surface area contributed by atoms with Crippen LogP contribution < -0.4 is 5.73 Å². The Balaban J connectivity index is 0.00000162. The van der Waals surface area contributed by atoms with Gasteiger partial charge in [-0.15, -0.1) is 12.4 Å². The van der Waals surface area contributed by atoms with Crippen LogP contribution >= 0.6 is 12.4 Å². The lowest BCUT2D eigenvalue weighted by molar-refractivity contribution is 0.0876. The Morgan fingerprint density at radius 3 is 2.28 bits per heavy atom. The number of piperazine rings is 1. The number of ketones is 1. The Kier molecular flexibility index (Phi) is 5.59. The highest BCUT2D eigenvalue weighted by atomic mass is 35.5. The fourth-order valence-corrected chi connectivity index (χ4v) is 1.97. The van der Waals surface area contributed by atoms with E-state index < -0.39 is 0 Å². The molecule has 0 atom stereocenters. The van der Waals surface area contributed by atoms with E-state index in [-0.39, 0.29) is 18.2 Å². The Hall–Kier alpha value is -1.10. The molecule has 0 aliphatic carbocycles. The first-order valence-corrected chi connectivity index (χ1v) is 5.95. The molecule has 1 aromatic carbocycles. The minimum absolute atomic E-state index is 0. The van der Waals surface area contributed by atoms with Gasteiger partial charge in [-0.25, -0.2) is 0 Å². The van der Waals surface area contributed by atoms with Crippen molar-refractivity contribution in [2.75, 3.05) is 45.5 Å². The first-order chi connectivity index (χ1) is 8.15. The second kappa shape index (κ2) is 6.73. The van der Waals surface area contributed by atoms with E-state index in [0.29, 0.717) is 12.2 Å². The molecule has 0 saturated carbocycles. The summed E-state index contributed by atoms with van der Waals surface area (Å²) in [6.45, 7) is 4.52. The summed E-state index contributed by atoms with van der Waals surface area (Å²) in [4.78, 5) is 16.5. The molecule has 1 heterocycles. The van der Waals surface area contributed by atoms with Crippen molar-refractivity contribution in [1.29, 1.82) is 0 Å². The predicted octanol–water partition coefficient (Wildman–Crippen LogP) is 1.12. The molecule has 0 aromatic heterocycles. The predicted molar refractivity (Wildman–Crippen MR) is 76.4 cm³/mol. The zero-order chi connectivity index (χ0) is 12.3. The number of rotatable bonds is 3. The second-order valence-corrected chi connectivity index (χ2v) is 4.62. The van der Waals surface area contributed by atoms with Crippen molar-refractivity contribution in [3.63, 3.8) is 0 Å². The van der Waals surface area contributed by atoms with Gasteiger partial charge >= 0.3 is 0 Å². The molecule has 1 fully saturated rings. The number of hydrogen-bond donors (Lipinski definition) is 1. The van der Waals surface area contributed by atoms with Crippen LogP contribution in [0.15, 0.2) is 24.3 Å². The maximum Gasteiger partial charge on any atom is 0.176 e. The summed E-state index contributed by atoms with van der Waals surface area (Å²) >= 11 is 0. The van der Waals surface area contributed by atoms with Gasteiger partial charge in [-0.1, -0.05) is 0 Å². The number of nitrogen functional groups attached to an aromatic ring is 1. The minimum Gasteiger partial charge on any atom is -0.399 e. The zero-order valence-electron chi connectivity index (χ0n) is 10.6. The maximum atomic E-state index is 12.0. The van der Waals surface area contributed by atoms with Crippen molar-refractivity contribution >= 4 is 23.9 Å². The van der Waals surface area contributed by atoms with Gasteiger partial charge in [0, 0.05) is 37.4 Å². The van der Waals surface area contributed by atoms with Crippen molar-refractivity contribution in [2.45, 2.75) is 0 Å². The summed E-state index contributed by atoms with van der Waals surface area (Å²) < 4.78 is 0. The highest BCUT2D eigenvalue weighted by Gasteiger charge is 2.17. The number of hydrogen-bond acceptors (Lipinski definition) is 4. The monoisotopic (exact) mass is 269 g/mol. The number of nitrogens with zero attached hydrogens (tertiary/aromatic N) is 2. The molecule has 2 rings (SSSR count). The molecule has 1 aliphatic rings. The third kappa shape index (κ3) is 3.98. The average molecular weight is 270 g/mol. The molecule has 0 bridgehead atoms. The molecule has 18 heavy (non-hydrogen) atoms. The molecular formula is C13H20ClN3O. The highest BCUT2D eigenvalue weighted by Crippen LogP contribution is 2.08. The fourth-order valence-electron chi connectivity index (χ4n) is 1.97. The fraction of sp³-hybridized carbons (Fsp3) is 0.462. The number of anilines is 1. The molecule has 4 nitrogen and oxygen atoms in total. The molecule has 1 saturated heterocycles. The van der Waals surface area contributed by atoms with Gasteiger partial charge in [-0.05, 0) is 31.3 Å². The average Bonchev–Trinajstić information content (AvgIpc) is 2.33. The minimum atomic E-state index is 0. The van der Waals surface area contributed by atoms with E-state index >= 15 is 0 Å². The molecule has 0 unspecified atom stereocenters. The quantitative estimate of drug-likeness (QED) is 0.660. The van der Waals surface area contributed by atoms with Crippen molar-refractivity contribution in [3.05, 3.63) is 29.8 Å². The standard InChI is InChI=1S/C13H19N3O.ClH/c1-15-6-8-16(9-7-15)10-13(17)11-2-4-12(14)5-3-11;/h2-5H,6-10,14H2,1H3;1H. The van der Waals surface area contributed by atoms with E-state index in [2.05, 4.69) is 16.8 Å². The van der Waals surface area contributed by atoms with Crippen LogP contribution in [-0.4, -0.2) is 55.4 Å². The van der Waals surface area contributed by atoms with Gasteiger partial charge in [0.1, 0.15) is 0 Å². The van der Waals surface area contributed by atoms with Crippen molar-refractivity contribution in [1.82, 2.24) is 9.80 Å². The van der Waals surface area contributed by atoms with Crippen LogP contribution in [0.4, 0.5) is 5.69 Å². The first-order valence-electron chi connectivity index (χ1n) is 5.95. The number of nitrogens with two attached hydrogens (primary N) is 1. The maximum absolute atomic E-state index is 12.0. The highest BCUT2D eigenvalue weighted by molar-refractivity contribution is 5.97. The molecule has 2 N–H and O–H groups in total.